The van der Waals surface area contributed by atoms with Gasteiger partial charge in [-0.15, -0.1) is 0 Å². The first-order valence-corrected chi connectivity index (χ1v) is 8.81. The molecule has 0 aliphatic heterocycles. The lowest BCUT2D eigenvalue weighted by molar-refractivity contribution is 0.102. The number of amides is 1. The summed E-state index contributed by atoms with van der Waals surface area (Å²) in [4.78, 5) is 15.0. The molecule has 0 fully saturated rings. The van der Waals surface area contributed by atoms with Gasteiger partial charge in [-0.05, 0) is 47.6 Å². The fraction of sp³-hybridized carbons (Fsp3) is 0.227. The van der Waals surface area contributed by atoms with Crippen molar-refractivity contribution < 1.29 is 4.79 Å². The summed E-state index contributed by atoms with van der Waals surface area (Å²) in [6.07, 6.45) is 0. The first kappa shape index (κ1) is 17.2. The molecule has 3 aromatic carbocycles. The number of nitrogens with zero attached hydrogens (tertiary/aromatic N) is 1. The molecule has 3 nitrogen and oxygen atoms in total. The van der Waals surface area contributed by atoms with Gasteiger partial charge in [-0.25, -0.2) is 0 Å². The SMILES string of the molecule is CCN(CC)Cc1ccc(NC(=O)c2cccc3ccccc23)cc1. The number of carbonyl (C=O) groups is 1. The summed E-state index contributed by atoms with van der Waals surface area (Å²) >= 11 is 0. The van der Waals surface area contributed by atoms with Crippen LogP contribution in [0.25, 0.3) is 10.8 Å². The molecular weight excluding hydrogens is 308 g/mol. The molecule has 0 spiro atoms. The highest BCUT2D eigenvalue weighted by atomic mass is 16.1. The van der Waals surface area contributed by atoms with Crippen molar-refractivity contribution in [3.05, 3.63) is 77.9 Å². The normalized spacial score (nSPS) is 11.0. The average molecular weight is 332 g/mol. The van der Waals surface area contributed by atoms with Gasteiger partial charge in [0, 0.05) is 17.8 Å². The van der Waals surface area contributed by atoms with E-state index >= 15 is 0 Å². The molecule has 0 saturated carbocycles. The molecule has 3 heteroatoms. The van der Waals surface area contributed by atoms with Crippen molar-refractivity contribution in [2.45, 2.75) is 20.4 Å². The zero-order valence-electron chi connectivity index (χ0n) is 14.8. The molecule has 0 aliphatic carbocycles. The van der Waals surface area contributed by atoms with E-state index in [4.69, 9.17) is 0 Å². The van der Waals surface area contributed by atoms with Gasteiger partial charge >= 0.3 is 0 Å². The topological polar surface area (TPSA) is 32.3 Å². The lowest BCUT2D eigenvalue weighted by Gasteiger charge is -2.18. The van der Waals surface area contributed by atoms with Gasteiger partial charge in [0.25, 0.3) is 5.91 Å². The Labute approximate surface area is 149 Å². The number of hydrogen-bond donors (Lipinski definition) is 1. The van der Waals surface area contributed by atoms with E-state index in [9.17, 15) is 4.79 Å². The summed E-state index contributed by atoms with van der Waals surface area (Å²) in [6, 6.07) is 21.9. The zero-order valence-corrected chi connectivity index (χ0v) is 14.8. The third kappa shape index (κ3) is 4.06. The highest BCUT2D eigenvalue weighted by Gasteiger charge is 2.10. The van der Waals surface area contributed by atoms with Crippen molar-refractivity contribution in [3.8, 4) is 0 Å². The summed E-state index contributed by atoms with van der Waals surface area (Å²) in [5.41, 5.74) is 2.78. The minimum absolute atomic E-state index is 0.0757. The van der Waals surface area contributed by atoms with Crippen LogP contribution in [0.1, 0.15) is 29.8 Å². The second-order valence-electron chi connectivity index (χ2n) is 6.14. The third-order valence-electron chi connectivity index (χ3n) is 4.55. The lowest BCUT2D eigenvalue weighted by atomic mass is 10.0. The van der Waals surface area contributed by atoms with E-state index in [1.165, 1.54) is 5.56 Å². The van der Waals surface area contributed by atoms with Crippen LogP contribution < -0.4 is 5.32 Å². The molecule has 25 heavy (non-hydrogen) atoms. The van der Waals surface area contributed by atoms with Crippen LogP contribution >= 0.6 is 0 Å². The van der Waals surface area contributed by atoms with Crippen LogP contribution in [-0.4, -0.2) is 23.9 Å². The van der Waals surface area contributed by atoms with Gasteiger partial charge in [-0.2, -0.15) is 0 Å². The lowest BCUT2D eigenvalue weighted by Crippen LogP contribution is -2.22. The van der Waals surface area contributed by atoms with Crippen molar-refractivity contribution in [2.24, 2.45) is 0 Å². The van der Waals surface area contributed by atoms with Gasteiger partial charge < -0.3 is 5.32 Å². The number of nitrogens with one attached hydrogen (secondary N) is 1. The quantitative estimate of drug-likeness (QED) is 0.694. The number of carbonyl (C=O) groups excluding carboxylic acids is 1. The molecule has 0 unspecified atom stereocenters. The van der Waals surface area contributed by atoms with Crippen LogP contribution in [-0.2, 0) is 6.54 Å². The Morgan fingerprint density at radius 2 is 1.56 bits per heavy atom. The summed E-state index contributed by atoms with van der Waals surface area (Å²) in [6.45, 7) is 7.35. The van der Waals surface area contributed by atoms with E-state index in [1.807, 2.05) is 54.6 Å². The Kier molecular flexibility index (Phi) is 5.46. The smallest absolute Gasteiger partial charge is 0.256 e. The van der Waals surface area contributed by atoms with Gasteiger partial charge in [0.2, 0.25) is 0 Å². The largest absolute Gasteiger partial charge is 0.322 e. The number of hydrogen-bond acceptors (Lipinski definition) is 2. The summed E-state index contributed by atoms with van der Waals surface area (Å²) in [5, 5.41) is 5.05. The fourth-order valence-electron chi connectivity index (χ4n) is 3.02. The molecule has 3 rings (SSSR count). The molecule has 1 N–H and O–H groups in total. The zero-order chi connectivity index (χ0) is 17.6. The molecule has 0 aromatic heterocycles. The molecule has 3 aromatic rings. The van der Waals surface area contributed by atoms with Gasteiger partial charge in [0.05, 0.1) is 0 Å². The van der Waals surface area contributed by atoms with Crippen LogP contribution in [0.3, 0.4) is 0 Å². The summed E-state index contributed by atoms with van der Waals surface area (Å²) in [7, 11) is 0. The van der Waals surface area contributed by atoms with Crippen molar-refractivity contribution in [1.29, 1.82) is 0 Å². The van der Waals surface area contributed by atoms with Crippen molar-refractivity contribution in [2.75, 3.05) is 18.4 Å². The maximum Gasteiger partial charge on any atom is 0.256 e. The van der Waals surface area contributed by atoms with Crippen LogP contribution in [0.15, 0.2) is 66.7 Å². The molecule has 0 bridgehead atoms. The Morgan fingerprint density at radius 1 is 0.880 bits per heavy atom. The molecule has 128 valence electrons. The van der Waals surface area contributed by atoms with Crippen LogP contribution in [0.2, 0.25) is 0 Å². The van der Waals surface area contributed by atoms with Gasteiger partial charge in [-0.1, -0.05) is 62.4 Å². The molecule has 0 saturated heterocycles. The molecule has 1 amide bonds. The maximum absolute atomic E-state index is 12.7. The number of anilines is 1. The monoisotopic (exact) mass is 332 g/mol. The fourth-order valence-corrected chi connectivity index (χ4v) is 3.02. The number of benzene rings is 3. The molecule has 0 aliphatic rings. The number of rotatable bonds is 6. The minimum atomic E-state index is -0.0757. The van der Waals surface area contributed by atoms with Crippen molar-refractivity contribution in [1.82, 2.24) is 4.90 Å². The minimum Gasteiger partial charge on any atom is -0.322 e. The first-order valence-electron chi connectivity index (χ1n) is 8.81. The molecular formula is C22H24N2O. The maximum atomic E-state index is 12.7. The van der Waals surface area contributed by atoms with Gasteiger partial charge in [-0.3, -0.25) is 9.69 Å². The standard InChI is InChI=1S/C22H24N2O/c1-3-24(4-2)16-17-12-14-19(15-13-17)23-22(25)21-11-7-9-18-8-5-6-10-20(18)21/h5-15H,3-4,16H2,1-2H3,(H,23,25). The van der Waals surface area contributed by atoms with Crippen LogP contribution in [0.5, 0.6) is 0 Å². The molecule has 0 heterocycles. The summed E-state index contributed by atoms with van der Waals surface area (Å²) in [5.74, 6) is -0.0757. The Hall–Kier alpha value is -2.65. The Balaban J connectivity index is 1.74. The Bertz CT molecular complexity index is 846. The van der Waals surface area contributed by atoms with E-state index < -0.39 is 0 Å². The van der Waals surface area contributed by atoms with E-state index in [0.717, 1.165) is 36.1 Å². The first-order chi connectivity index (χ1) is 12.2. The Morgan fingerprint density at radius 3 is 2.28 bits per heavy atom. The second-order valence-corrected chi connectivity index (χ2v) is 6.14. The van der Waals surface area contributed by atoms with Gasteiger partial charge in [0.1, 0.15) is 0 Å². The summed E-state index contributed by atoms with van der Waals surface area (Å²) < 4.78 is 0. The van der Waals surface area contributed by atoms with Crippen molar-refractivity contribution in [3.63, 3.8) is 0 Å². The highest BCUT2D eigenvalue weighted by molar-refractivity contribution is 6.12. The molecule has 0 radical (unpaired) electrons. The van der Waals surface area contributed by atoms with Gasteiger partial charge in [0.15, 0.2) is 0 Å². The van der Waals surface area contributed by atoms with E-state index in [1.54, 1.807) is 0 Å². The van der Waals surface area contributed by atoms with Crippen LogP contribution in [0.4, 0.5) is 5.69 Å². The second kappa shape index (κ2) is 7.95. The predicted octanol–water partition coefficient (Wildman–Crippen LogP) is 4.93. The van der Waals surface area contributed by atoms with Crippen molar-refractivity contribution >= 4 is 22.4 Å². The van der Waals surface area contributed by atoms with E-state index in [2.05, 4.69) is 36.2 Å². The third-order valence-corrected chi connectivity index (χ3v) is 4.55. The van der Waals surface area contributed by atoms with E-state index in [-0.39, 0.29) is 5.91 Å². The molecule has 0 atom stereocenters. The number of fused-ring (bicyclic) bond motifs is 1. The average Bonchev–Trinajstić information content (AvgIpc) is 2.67. The highest BCUT2D eigenvalue weighted by Crippen LogP contribution is 2.20. The van der Waals surface area contributed by atoms with E-state index in [0.29, 0.717) is 5.56 Å². The van der Waals surface area contributed by atoms with Crippen LogP contribution in [0, 0.1) is 0 Å². The predicted molar refractivity (Wildman–Crippen MR) is 105 cm³/mol.